The van der Waals surface area contributed by atoms with E-state index in [1.165, 1.54) is 13.0 Å². The van der Waals surface area contributed by atoms with E-state index in [4.69, 9.17) is 14.2 Å². The van der Waals surface area contributed by atoms with Gasteiger partial charge in [-0.05, 0) is 50.6 Å². The average Bonchev–Trinajstić information content (AvgIpc) is 2.68. The molecule has 0 aliphatic carbocycles. The van der Waals surface area contributed by atoms with Crippen LogP contribution >= 0.6 is 0 Å². The van der Waals surface area contributed by atoms with E-state index in [0.29, 0.717) is 17.1 Å². The fourth-order valence-electron chi connectivity index (χ4n) is 2.75. The Morgan fingerprint density at radius 2 is 2.00 bits per heavy atom. The monoisotopic (exact) mass is 398 g/mol. The second kappa shape index (κ2) is 8.22. The smallest absolute Gasteiger partial charge is 0.360 e. The Morgan fingerprint density at radius 1 is 1.21 bits per heavy atom. The number of carbonyl (C=O) groups is 3. The largest absolute Gasteiger partial charge is 0.484 e. The summed E-state index contributed by atoms with van der Waals surface area (Å²) in [5.74, 6) is -0.921. The number of fused-ring (bicyclic) bond motifs is 1. The standard InChI is InChI=1S/C21H22N2O6/c1-4-27-20(26)21(3)19(25)23-16-9-8-14(11-17(16)29-21)22-18(24)12-28-15-7-5-6-13(2)10-15/h5-11H,4,12H2,1-3H3,(H,22,24)(H,23,25)/t21-/m0/s1. The molecule has 8 heteroatoms. The second-order valence-corrected chi connectivity index (χ2v) is 6.67. The second-order valence-electron chi connectivity index (χ2n) is 6.67. The summed E-state index contributed by atoms with van der Waals surface area (Å²) >= 11 is 0. The Hall–Kier alpha value is -3.55. The lowest BCUT2D eigenvalue weighted by molar-refractivity contribution is -0.165. The van der Waals surface area contributed by atoms with Crippen LogP contribution in [-0.2, 0) is 19.1 Å². The Morgan fingerprint density at radius 3 is 2.72 bits per heavy atom. The molecule has 8 nitrogen and oxygen atoms in total. The van der Waals surface area contributed by atoms with Crippen LogP contribution in [0.4, 0.5) is 11.4 Å². The minimum absolute atomic E-state index is 0.120. The normalized spacial score (nSPS) is 17.4. The van der Waals surface area contributed by atoms with Gasteiger partial charge in [-0.2, -0.15) is 0 Å². The van der Waals surface area contributed by atoms with E-state index < -0.39 is 17.5 Å². The van der Waals surface area contributed by atoms with Gasteiger partial charge in [0.05, 0.1) is 12.3 Å². The highest BCUT2D eigenvalue weighted by atomic mass is 16.6. The fourth-order valence-corrected chi connectivity index (χ4v) is 2.75. The molecular weight excluding hydrogens is 376 g/mol. The molecule has 1 atom stereocenters. The van der Waals surface area contributed by atoms with E-state index >= 15 is 0 Å². The van der Waals surface area contributed by atoms with Crippen molar-refractivity contribution < 1.29 is 28.6 Å². The van der Waals surface area contributed by atoms with Crippen molar-refractivity contribution in [1.82, 2.24) is 0 Å². The maximum Gasteiger partial charge on any atom is 0.360 e. The number of carbonyl (C=O) groups excluding carboxylic acids is 3. The minimum Gasteiger partial charge on any atom is -0.484 e. The van der Waals surface area contributed by atoms with Gasteiger partial charge < -0.3 is 24.8 Å². The SMILES string of the molecule is CCOC(=O)[C@@]1(C)Oc2cc(NC(=O)COc3cccc(C)c3)ccc2NC1=O. The molecule has 2 N–H and O–H groups in total. The number of ether oxygens (including phenoxy) is 3. The van der Waals surface area contributed by atoms with Crippen LogP contribution in [0, 0.1) is 6.92 Å². The van der Waals surface area contributed by atoms with Gasteiger partial charge in [0, 0.05) is 11.8 Å². The summed E-state index contributed by atoms with van der Waals surface area (Å²) in [6, 6.07) is 12.1. The molecule has 2 aromatic carbocycles. The molecule has 0 unspecified atom stereocenters. The van der Waals surface area contributed by atoms with Gasteiger partial charge in [-0.1, -0.05) is 12.1 Å². The lowest BCUT2D eigenvalue weighted by atomic mass is 10.0. The molecule has 0 aromatic heterocycles. The van der Waals surface area contributed by atoms with Crippen LogP contribution in [0.3, 0.4) is 0 Å². The zero-order valence-corrected chi connectivity index (χ0v) is 16.4. The summed E-state index contributed by atoms with van der Waals surface area (Å²) < 4.78 is 16.1. The summed E-state index contributed by atoms with van der Waals surface area (Å²) in [6.45, 7) is 4.86. The van der Waals surface area contributed by atoms with Crippen LogP contribution < -0.4 is 20.1 Å². The third-order valence-electron chi connectivity index (χ3n) is 4.29. The van der Waals surface area contributed by atoms with Crippen LogP contribution in [0.1, 0.15) is 19.4 Å². The molecule has 1 aliphatic rings. The van der Waals surface area contributed by atoms with Crippen molar-refractivity contribution in [2.75, 3.05) is 23.8 Å². The number of esters is 1. The van der Waals surface area contributed by atoms with Crippen molar-refractivity contribution in [3.8, 4) is 11.5 Å². The molecule has 0 saturated carbocycles. The molecule has 29 heavy (non-hydrogen) atoms. The number of amides is 2. The van der Waals surface area contributed by atoms with E-state index in [1.54, 1.807) is 25.1 Å². The fraction of sp³-hybridized carbons (Fsp3) is 0.286. The number of hydrogen-bond acceptors (Lipinski definition) is 6. The topological polar surface area (TPSA) is 103 Å². The number of anilines is 2. The number of nitrogens with one attached hydrogen (secondary N) is 2. The molecule has 0 bridgehead atoms. The molecular formula is C21H22N2O6. The summed E-state index contributed by atoms with van der Waals surface area (Å²) in [4.78, 5) is 36.6. The highest BCUT2D eigenvalue weighted by Crippen LogP contribution is 2.36. The van der Waals surface area contributed by atoms with Gasteiger partial charge in [-0.15, -0.1) is 0 Å². The van der Waals surface area contributed by atoms with Crippen molar-refractivity contribution >= 4 is 29.2 Å². The van der Waals surface area contributed by atoms with E-state index in [2.05, 4.69) is 10.6 Å². The summed E-state index contributed by atoms with van der Waals surface area (Å²) in [6.07, 6.45) is 0. The highest BCUT2D eigenvalue weighted by molar-refractivity contribution is 6.14. The first-order valence-corrected chi connectivity index (χ1v) is 9.13. The Labute approximate surface area is 168 Å². The molecule has 0 fully saturated rings. The van der Waals surface area contributed by atoms with E-state index in [1.807, 2.05) is 25.1 Å². The van der Waals surface area contributed by atoms with E-state index in [-0.39, 0.29) is 24.9 Å². The molecule has 2 amide bonds. The number of rotatable bonds is 6. The quantitative estimate of drug-likeness (QED) is 0.573. The van der Waals surface area contributed by atoms with Gasteiger partial charge in [-0.3, -0.25) is 9.59 Å². The molecule has 0 saturated heterocycles. The third-order valence-corrected chi connectivity index (χ3v) is 4.29. The molecule has 0 radical (unpaired) electrons. The van der Waals surface area contributed by atoms with Crippen molar-refractivity contribution in [2.24, 2.45) is 0 Å². The molecule has 3 rings (SSSR count). The van der Waals surface area contributed by atoms with Crippen LogP contribution in [0.2, 0.25) is 0 Å². The van der Waals surface area contributed by atoms with Gasteiger partial charge in [0.1, 0.15) is 11.5 Å². The van der Waals surface area contributed by atoms with Crippen LogP contribution in [0.15, 0.2) is 42.5 Å². The van der Waals surface area contributed by atoms with Gasteiger partial charge in [-0.25, -0.2) is 4.79 Å². The van der Waals surface area contributed by atoms with Crippen molar-refractivity contribution in [3.63, 3.8) is 0 Å². The van der Waals surface area contributed by atoms with Gasteiger partial charge >= 0.3 is 5.97 Å². The minimum atomic E-state index is -1.81. The Kier molecular flexibility index (Phi) is 5.72. The number of aryl methyl sites for hydroxylation is 1. The predicted molar refractivity (Wildman–Crippen MR) is 106 cm³/mol. The maximum atomic E-state index is 12.3. The lowest BCUT2D eigenvalue weighted by Crippen LogP contribution is -2.55. The van der Waals surface area contributed by atoms with Gasteiger partial charge in [0.15, 0.2) is 6.61 Å². The molecule has 1 heterocycles. The predicted octanol–water partition coefficient (Wildman–Crippen LogP) is 2.67. The van der Waals surface area contributed by atoms with E-state index in [9.17, 15) is 14.4 Å². The Bertz CT molecular complexity index is 958. The van der Waals surface area contributed by atoms with Crippen molar-refractivity contribution in [3.05, 3.63) is 48.0 Å². The summed E-state index contributed by atoms with van der Waals surface area (Å²) in [5, 5.41) is 5.32. The lowest BCUT2D eigenvalue weighted by Gasteiger charge is -2.32. The molecule has 0 spiro atoms. The third kappa shape index (κ3) is 4.48. The zero-order chi connectivity index (χ0) is 21.0. The van der Waals surface area contributed by atoms with E-state index in [0.717, 1.165) is 5.56 Å². The molecule has 1 aliphatic heterocycles. The Balaban J connectivity index is 1.68. The number of hydrogen-bond donors (Lipinski definition) is 2. The first-order chi connectivity index (χ1) is 13.8. The molecule has 2 aromatic rings. The first-order valence-electron chi connectivity index (χ1n) is 9.13. The van der Waals surface area contributed by atoms with Crippen LogP contribution in [0.5, 0.6) is 11.5 Å². The molecule has 152 valence electrons. The van der Waals surface area contributed by atoms with Gasteiger partial charge in [0.2, 0.25) is 0 Å². The van der Waals surface area contributed by atoms with Crippen molar-refractivity contribution in [1.29, 1.82) is 0 Å². The zero-order valence-electron chi connectivity index (χ0n) is 16.4. The highest BCUT2D eigenvalue weighted by Gasteiger charge is 2.48. The number of benzene rings is 2. The first kappa shape index (κ1) is 20.2. The van der Waals surface area contributed by atoms with Crippen LogP contribution in [0.25, 0.3) is 0 Å². The van der Waals surface area contributed by atoms with Gasteiger partial charge in [0.25, 0.3) is 17.4 Å². The summed E-state index contributed by atoms with van der Waals surface area (Å²) in [7, 11) is 0. The average molecular weight is 398 g/mol. The maximum absolute atomic E-state index is 12.3. The van der Waals surface area contributed by atoms with Crippen LogP contribution in [-0.4, -0.2) is 36.6 Å². The summed E-state index contributed by atoms with van der Waals surface area (Å²) in [5.41, 5.74) is 0.0519. The van der Waals surface area contributed by atoms with Crippen molar-refractivity contribution in [2.45, 2.75) is 26.4 Å².